The maximum Gasteiger partial charge on any atom is 0.217 e. The lowest BCUT2D eigenvalue weighted by molar-refractivity contribution is -0.117. The van der Waals surface area contributed by atoms with Crippen molar-refractivity contribution in [2.75, 3.05) is 7.11 Å². The van der Waals surface area contributed by atoms with Gasteiger partial charge in [0.1, 0.15) is 5.75 Å². The summed E-state index contributed by atoms with van der Waals surface area (Å²) in [7, 11) is 1.67. The summed E-state index contributed by atoms with van der Waals surface area (Å²) in [5.41, 5.74) is 9.77. The van der Waals surface area contributed by atoms with E-state index in [-0.39, 0.29) is 5.91 Å². The Morgan fingerprint density at radius 3 is 1.82 bits per heavy atom. The van der Waals surface area contributed by atoms with E-state index in [1.165, 1.54) is 11.1 Å². The molecule has 1 aromatic carbocycles. The lowest BCUT2D eigenvalue weighted by atomic mass is 9.95. The second-order valence-electron chi connectivity index (χ2n) is 4.11. The first-order valence-corrected chi connectivity index (χ1v) is 8.39. The Morgan fingerprint density at radius 2 is 1.45 bits per heavy atom. The van der Waals surface area contributed by atoms with Gasteiger partial charge in [0.05, 0.1) is 7.11 Å². The van der Waals surface area contributed by atoms with Crippen LogP contribution in [0.3, 0.4) is 0 Å². The van der Waals surface area contributed by atoms with E-state index < -0.39 is 0 Å². The smallest absolute Gasteiger partial charge is 0.217 e. The third-order valence-corrected chi connectivity index (χ3v) is 2.89. The molecule has 0 unspecified atom stereocenters. The highest BCUT2D eigenvalue weighted by molar-refractivity contribution is 5.74. The van der Waals surface area contributed by atoms with Gasteiger partial charge >= 0.3 is 0 Å². The quantitative estimate of drug-likeness (QED) is 0.839. The van der Waals surface area contributed by atoms with Crippen LogP contribution < -0.4 is 10.5 Å². The van der Waals surface area contributed by atoms with Crippen molar-refractivity contribution >= 4 is 5.91 Å². The van der Waals surface area contributed by atoms with E-state index in [0.717, 1.165) is 16.9 Å². The van der Waals surface area contributed by atoms with Crippen molar-refractivity contribution in [3.05, 3.63) is 28.3 Å². The molecule has 3 nitrogen and oxygen atoms in total. The lowest BCUT2D eigenvalue weighted by Gasteiger charge is -2.15. The fraction of sp³-hybridized carbons (Fsp3) is 0.632. The van der Waals surface area contributed by atoms with Gasteiger partial charge < -0.3 is 10.5 Å². The Kier molecular flexibility index (Phi) is 18.4. The van der Waals surface area contributed by atoms with Gasteiger partial charge in [0, 0.05) is 6.42 Å². The summed E-state index contributed by atoms with van der Waals surface area (Å²) in [5.74, 6) is 0.642. The van der Waals surface area contributed by atoms with Crippen LogP contribution in [0.2, 0.25) is 0 Å². The summed E-state index contributed by atoms with van der Waals surface area (Å²) >= 11 is 0. The molecule has 0 aliphatic carbocycles. The van der Waals surface area contributed by atoms with E-state index >= 15 is 0 Å². The molecule has 0 radical (unpaired) electrons. The van der Waals surface area contributed by atoms with E-state index in [0.29, 0.717) is 12.8 Å². The first-order valence-electron chi connectivity index (χ1n) is 8.39. The molecular formula is C19H37NO2. The Balaban J connectivity index is -0.000000535. The van der Waals surface area contributed by atoms with Gasteiger partial charge in [-0.2, -0.15) is 0 Å². The molecule has 1 rings (SSSR count). The van der Waals surface area contributed by atoms with Gasteiger partial charge in [-0.25, -0.2) is 0 Å². The third-order valence-electron chi connectivity index (χ3n) is 2.89. The number of carbonyl (C=O) groups excluding carboxylic acids is 1. The molecule has 0 fully saturated rings. The molecule has 0 saturated heterocycles. The predicted molar refractivity (Wildman–Crippen MR) is 98.8 cm³/mol. The second kappa shape index (κ2) is 15.9. The van der Waals surface area contributed by atoms with Crippen molar-refractivity contribution in [2.45, 2.75) is 75.2 Å². The topological polar surface area (TPSA) is 52.3 Å². The van der Waals surface area contributed by atoms with Crippen LogP contribution in [-0.4, -0.2) is 13.0 Å². The first kappa shape index (κ1) is 25.4. The van der Waals surface area contributed by atoms with Gasteiger partial charge in [0.25, 0.3) is 0 Å². The summed E-state index contributed by atoms with van der Waals surface area (Å²) in [4.78, 5) is 10.8. The standard InChI is InChI=1S/C13H19NO2.3C2H6/c1-8-7-9(2)13(16-4)10(3)11(8)5-6-12(14)15;3*1-2/h7H,5-6H2,1-4H3,(H2,14,15);3*1-2H3. The van der Waals surface area contributed by atoms with E-state index in [9.17, 15) is 4.79 Å². The molecule has 0 bridgehead atoms. The van der Waals surface area contributed by atoms with Gasteiger partial charge in [0.2, 0.25) is 5.91 Å². The molecule has 0 atom stereocenters. The molecule has 0 aliphatic heterocycles. The number of hydrogen-bond acceptors (Lipinski definition) is 2. The minimum absolute atomic E-state index is 0.265. The summed E-state index contributed by atoms with van der Waals surface area (Å²) < 4.78 is 5.36. The zero-order valence-electron chi connectivity index (χ0n) is 16.4. The Hall–Kier alpha value is -1.51. The number of benzene rings is 1. The Bertz CT molecular complexity index is 412. The number of aryl methyl sites for hydroxylation is 2. The molecule has 1 amide bonds. The van der Waals surface area contributed by atoms with Crippen molar-refractivity contribution in [3.63, 3.8) is 0 Å². The number of carbonyl (C=O) groups is 1. The molecule has 22 heavy (non-hydrogen) atoms. The average molecular weight is 312 g/mol. The number of methoxy groups -OCH3 is 1. The Labute approximate surface area is 138 Å². The molecule has 0 saturated carbocycles. The van der Waals surface area contributed by atoms with Crippen LogP contribution in [0.1, 0.15) is 70.2 Å². The average Bonchev–Trinajstić information content (AvgIpc) is 2.53. The minimum atomic E-state index is -0.265. The predicted octanol–water partition coefficient (Wildman–Crippen LogP) is 5.12. The Morgan fingerprint density at radius 1 is 1.00 bits per heavy atom. The van der Waals surface area contributed by atoms with Gasteiger partial charge in [-0.05, 0) is 49.4 Å². The SMILES string of the molecule is CC.CC.CC.COc1c(C)cc(C)c(CCC(N)=O)c1C. The summed E-state index contributed by atoms with van der Waals surface area (Å²) in [5, 5.41) is 0. The number of amides is 1. The molecule has 0 heterocycles. The van der Waals surface area contributed by atoms with Crippen LogP contribution in [0, 0.1) is 20.8 Å². The normalized spacial score (nSPS) is 8.27. The molecule has 1 aromatic rings. The highest BCUT2D eigenvalue weighted by Crippen LogP contribution is 2.29. The second-order valence-corrected chi connectivity index (χ2v) is 4.11. The summed E-state index contributed by atoms with van der Waals surface area (Å²) in [6, 6.07) is 2.09. The summed E-state index contributed by atoms with van der Waals surface area (Å²) in [6.45, 7) is 18.1. The minimum Gasteiger partial charge on any atom is -0.496 e. The van der Waals surface area contributed by atoms with Gasteiger partial charge in [0.15, 0.2) is 0 Å². The fourth-order valence-corrected chi connectivity index (χ4v) is 2.15. The number of hydrogen-bond donors (Lipinski definition) is 1. The van der Waals surface area contributed by atoms with Crippen LogP contribution in [0.4, 0.5) is 0 Å². The number of nitrogens with two attached hydrogens (primary N) is 1. The maximum atomic E-state index is 10.8. The van der Waals surface area contributed by atoms with Crippen LogP contribution in [0.25, 0.3) is 0 Å². The number of rotatable bonds is 4. The van der Waals surface area contributed by atoms with E-state index in [1.807, 2.05) is 55.4 Å². The van der Waals surface area contributed by atoms with E-state index in [1.54, 1.807) is 7.11 Å². The summed E-state index contributed by atoms with van der Waals surface area (Å²) in [6.07, 6.45) is 1.07. The largest absolute Gasteiger partial charge is 0.496 e. The van der Waals surface area contributed by atoms with E-state index in [4.69, 9.17) is 10.5 Å². The first-order chi connectivity index (χ1) is 10.5. The highest BCUT2D eigenvalue weighted by atomic mass is 16.5. The monoisotopic (exact) mass is 311 g/mol. The molecule has 0 spiro atoms. The van der Waals surface area contributed by atoms with Crippen molar-refractivity contribution in [1.29, 1.82) is 0 Å². The number of primary amides is 1. The maximum absolute atomic E-state index is 10.8. The van der Waals surface area contributed by atoms with Crippen molar-refractivity contribution < 1.29 is 9.53 Å². The van der Waals surface area contributed by atoms with Crippen LogP contribution in [0.5, 0.6) is 5.75 Å². The highest BCUT2D eigenvalue weighted by Gasteiger charge is 2.11. The van der Waals surface area contributed by atoms with Gasteiger partial charge in [-0.1, -0.05) is 47.6 Å². The van der Waals surface area contributed by atoms with Gasteiger partial charge in [-0.3, -0.25) is 4.79 Å². The van der Waals surface area contributed by atoms with Crippen molar-refractivity contribution in [1.82, 2.24) is 0 Å². The molecule has 3 heteroatoms. The molecule has 0 aliphatic rings. The molecule has 0 aromatic heterocycles. The van der Waals surface area contributed by atoms with E-state index in [2.05, 4.69) is 13.0 Å². The zero-order valence-corrected chi connectivity index (χ0v) is 16.4. The van der Waals surface area contributed by atoms with Crippen LogP contribution >= 0.6 is 0 Å². The molecule has 130 valence electrons. The molecular weight excluding hydrogens is 274 g/mol. The zero-order chi connectivity index (χ0) is 18.3. The van der Waals surface area contributed by atoms with Crippen molar-refractivity contribution in [2.24, 2.45) is 5.73 Å². The third kappa shape index (κ3) is 8.71. The fourth-order valence-electron chi connectivity index (χ4n) is 2.15. The lowest BCUT2D eigenvalue weighted by Crippen LogP contribution is -2.12. The van der Waals surface area contributed by atoms with Crippen molar-refractivity contribution in [3.8, 4) is 5.75 Å². The van der Waals surface area contributed by atoms with Crippen LogP contribution in [-0.2, 0) is 11.2 Å². The number of ether oxygens (including phenoxy) is 1. The van der Waals surface area contributed by atoms with Crippen LogP contribution in [0.15, 0.2) is 6.07 Å². The molecule has 2 N–H and O–H groups in total. The van der Waals surface area contributed by atoms with Gasteiger partial charge in [-0.15, -0.1) is 0 Å².